The maximum absolute atomic E-state index is 14.1. The van der Waals surface area contributed by atoms with Crippen molar-refractivity contribution in [3.05, 3.63) is 53.3 Å². The third-order valence-electron chi connectivity index (χ3n) is 4.97. The molecule has 2 aromatic carbocycles. The topological polar surface area (TPSA) is 75.9 Å². The largest absolute Gasteiger partial charge is 0.415 e. The zero-order valence-corrected chi connectivity index (χ0v) is 16.8. The van der Waals surface area contributed by atoms with Gasteiger partial charge in [-0.15, -0.1) is 0 Å². The summed E-state index contributed by atoms with van der Waals surface area (Å²) in [6.07, 6.45) is 1.86. The SMILES string of the molecule is CC.Nc1cccc(CN2Cc3ccc(N4CCCCC4=O)cc3OC2=O)c1F. The second-order valence-corrected chi connectivity index (χ2v) is 6.84. The van der Waals surface area contributed by atoms with Crippen molar-refractivity contribution < 1.29 is 18.7 Å². The monoisotopic (exact) mass is 399 g/mol. The zero-order valence-electron chi connectivity index (χ0n) is 16.8. The van der Waals surface area contributed by atoms with E-state index in [0.717, 1.165) is 24.1 Å². The quantitative estimate of drug-likeness (QED) is 0.773. The Hall–Kier alpha value is -3.09. The minimum absolute atomic E-state index is 0.0501. The van der Waals surface area contributed by atoms with Crippen LogP contribution in [0.4, 0.5) is 20.6 Å². The molecule has 2 amide bonds. The lowest BCUT2D eigenvalue weighted by molar-refractivity contribution is -0.119. The van der Waals surface area contributed by atoms with Gasteiger partial charge in [-0.25, -0.2) is 9.18 Å². The van der Waals surface area contributed by atoms with Crippen LogP contribution in [0.15, 0.2) is 36.4 Å². The van der Waals surface area contributed by atoms with Crippen molar-refractivity contribution in [3.8, 4) is 5.75 Å². The first kappa shape index (κ1) is 20.6. The van der Waals surface area contributed by atoms with Gasteiger partial charge in [-0.2, -0.15) is 0 Å². The minimum atomic E-state index is -0.550. The molecule has 0 bridgehead atoms. The third-order valence-corrected chi connectivity index (χ3v) is 4.97. The number of piperidine rings is 1. The van der Waals surface area contributed by atoms with E-state index in [4.69, 9.17) is 10.5 Å². The lowest BCUT2D eigenvalue weighted by Crippen LogP contribution is -2.37. The standard InChI is InChI=1S/C20H20FN3O3.C2H6/c21-19-14(4-3-5-16(19)22)12-23-11-13-7-8-15(10-17(13)27-20(23)26)24-9-2-1-6-18(24)25;1-2/h3-5,7-8,10H,1-2,6,9,11-12,22H2;1-2H3. The number of amides is 2. The highest BCUT2D eigenvalue weighted by Crippen LogP contribution is 2.33. The highest BCUT2D eigenvalue weighted by molar-refractivity contribution is 5.94. The molecule has 4 rings (SSSR count). The molecule has 2 aliphatic heterocycles. The van der Waals surface area contributed by atoms with Gasteiger partial charge in [0, 0.05) is 35.8 Å². The highest BCUT2D eigenvalue weighted by atomic mass is 19.1. The Bertz CT molecular complexity index is 916. The average Bonchev–Trinajstić information content (AvgIpc) is 2.73. The number of halogens is 1. The molecule has 0 unspecified atom stereocenters. The van der Waals surface area contributed by atoms with E-state index in [0.29, 0.717) is 30.8 Å². The number of hydrogen-bond donors (Lipinski definition) is 1. The molecule has 2 aliphatic rings. The molecule has 1 saturated heterocycles. The van der Waals surface area contributed by atoms with Gasteiger partial charge >= 0.3 is 6.09 Å². The number of hydrogen-bond acceptors (Lipinski definition) is 4. The van der Waals surface area contributed by atoms with Gasteiger partial charge < -0.3 is 15.4 Å². The van der Waals surface area contributed by atoms with Crippen molar-refractivity contribution in [2.24, 2.45) is 0 Å². The second-order valence-electron chi connectivity index (χ2n) is 6.84. The Balaban J connectivity index is 0.00000117. The fourth-order valence-corrected chi connectivity index (χ4v) is 3.49. The summed E-state index contributed by atoms with van der Waals surface area (Å²) < 4.78 is 19.6. The smallest absolute Gasteiger partial charge is 0.410 e. The Kier molecular flexibility index (Phi) is 6.36. The maximum Gasteiger partial charge on any atom is 0.415 e. The van der Waals surface area contributed by atoms with Gasteiger partial charge in [0.1, 0.15) is 5.75 Å². The van der Waals surface area contributed by atoms with Crippen molar-refractivity contribution in [1.82, 2.24) is 4.90 Å². The van der Waals surface area contributed by atoms with Crippen LogP contribution >= 0.6 is 0 Å². The molecule has 0 aliphatic carbocycles. The minimum Gasteiger partial charge on any atom is -0.410 e. The molecule has 154 valence electrons. The molecule has 0 atom stereocenters. The molecular formula is C22H26FN3O3. The molecule has 0 spiro atoms. The van der Waals surface area contributed by atoms with Crippen molar-refractivity contribution in [1.29, 1.82) is 0 Å². The van der Waals surface area contributed by atoms with Crippen LogP contribution in [0, 0.1) is 5.82 Å². The van der Waals surface area contributed by atoms with Gasteiger partial charge in [0.15, 0.2) is 5.82 Å². The van der Waals surface area contributed by atoms with E-state index in [9.17, 15) is 14.0 Å². The van der Waals surface area contributed by atoms with E-state index in [1.54, 1.807) is 23.1 Å². The molecular weight excluding hydrogens is 373 g/mol. The van der Waals surface area contributed by atoms with Crippen molar-refractivity contribution in [3.63, 3.8) is 0 Å². The van der Waals surface area contributed by atoms with E-state index >= 15 is 0 Å². The highest BCUT2D eigenvalue weighted by Gasteiger charge is 2.28. The van der Waals surface area contributed by atoms with Gasteiger partial charge in [0.25, 0.3) is 0 Å². The Labute approximate surface area is 170 Å². The fourth-order valence-electron chi connectivity index (χ4n) is 3.49. The first-order valence-corrected chi connectivity index (χ1v) is 9.96. The number of nitrogen functional groups attached to an aromatic ring is 1. The molecule has 0 saturated carbocycles. The average molecular weight is 399 g/mol. The lowest BCUT2D eigenvalue weighted by atomic mass is 10.1. The molecule has 6 nitrogen and oxygen atoms in total. The number of fused-ring (bicyclic) bond motifs is 1. The van der Waals surface area contributed by atoms with Crippen LogP contribution in [0.1, 0.15) is 44.2 Å². The normalized spacial score (nSPS) is 16.0. The number of ether oxygens (including phenoxy) is 1. The summed E-state index contributed by atoms with van der Waals surface area (Å²) in [4.78, 5) is 27.6. The van der Waals surface area contributed by atoms with Crippen LogP contribution in [0.5, 0.6) is 5.75 Å². The number of nitrogens with two attached hydrogens (primary N) is 1. The Morgan fingerprint density at radius 1 is 1.14 bits per heavy atom. The number of anilines is 2. The zero-order chi connectivity index (χ0) is 21.0. The summed E-state index contributed by atoms with van der Waals surface area (Å²) in [5.41, 5.74) is 7.53. The third kappa shape index (κ3) is 4.34. The first-order valence-electron chi connectivity index (χ1n) is 9.96. The van der Waals surface area contributed by atoms with Crippen LogP contribution < -0.4 is 15.4 Å². The van der Waals surface area contributed by atoms with Crippen LogP contribution in [0.3, 0.4) is 0 Å². The number of carbonyl (C=O) groups is 2. The van der Waals surface area contributed by atoms with Crippen molar-refractivity contribution in [2.45, 2.75) is 46.2 Å². The summed E-state index contributed by atoms with van der Waals surface area (Å²) in [6, 6.07) is 10.2. The molecule has 7 heteroatoms. The Morgan fingerprint density at radius 3 is 2.69 bits per heavy atom. The predicted molar refractivity (Wildman–Crippen MR) is 110 cm³/mol. The molecule has 0 radical (unpaired) electrons. The van der Waals surface area contributed by atoms with Gasteiger partial charge in [0.05, 0.1) is 18.8 Å². The molecule has 2 heterocycles. The predicted octanol–water partition coefficient (Wildman–Crippen LogP) is 4.47. The van der Waals surface area contributed by atoms with E-state index in [2.05, 4.69) is 0 Å². The Morgan fingerprint density at radius 2 is 1.93 bits per heavy atom. The summed E-state index contributed by atoms with van der Waals surface area (Å²) in [5.74, 6) is 0.0114. The summed E-state index contributed by atoms with van der Waals surface area (Å²) in [7, 11) is 0. The number of nitrogens with zero attached hydrogens (tertiary/aromatic N) is 2. The second kappa shape index (κ2) is 8.94. The fraction of sp³-hybridized carbons (Fsp3) is 0.364. The summed E-state index contributed by atoms with van der Waals surface area (Å²) >= 11 is 0. The van der Waals surface area contributed by atoms with Gasteiger partial charge in [-0.3, -0.25) is 9.69 Å². The lowest BCUT2D eigenvalue weighted by Gasteiger charge is -2.31. The van der Waals surface area contributed by atoms with Gasteiger partial charge in [-0.1, -0.05) is 32.0 Å². The van der Waals surface area contributed by atoms with Crippen molar-refractivity contribution in [2.75, 3.05) is 17.2 Å². The molecule has 29 heavy (non-hydrogen) atoms. The van der Waals surface area contributed by atoms with Crippen LogP contribution in [0.25, 0.3) is 0 Å². The van der Waals surface area contributed by atoms with E-state index in [1.165, 1.54) is 11.0 Å². The van der Waals surface area contributed by atoms with Gasteiger partial charge in [-0.05, 0) is 25.0 Å². The molecule has 1 fully saturated rings. The van der Waals surface area contributed by atoms with Crippen LogP contribution in [-0.2, 0) is 17.9 Å². The van der Waals surface area contributed by atoms with E-state index in [1.807, 2.05) is 26.0 Å². The number of carbonyl (C=O) groups excluding carboxylic acids is 2. The molecule has 2 N–H and O–H groups in total. The first-order chi connectivity index (χ1) is 14.0. The molecule has 0 aromatic heterocycles. The number of rotatable bonds is 3. The van der Waals surface area contributed by atoms with Crippen molar-refractivity contribution >= 4 is 23.4 Å². The van der Waals surface area contributed by atoms with E-state index in [-0.39, 0.29) is 18.1 Å². The van der Waals surface area contributed by atoms with Gasteiger partial charge in [0.2, 0.25) is 5.91 Å². The number of benzene rings is 2. The van der Waals surface area contributed by atoms with Crippen LogP contribution in [-0.4, -0.2) is 23.4 Å². The van der Waals surface area contributed by atoms with E-state index < -0.39 is 11.9 Å². The molecule has 2 aromatic rings. The maximum atomic E-state index is 14.1. The summed E-state index contributed by atoms with van der Waals surface area (Å²) in [5, 5.41) is 0. The van der Waals surface area contributed by atoms with Crippen LogP contribution in [0.2, 0.25) is 0 Å². The summed E-state index contributed by atoms with van der Waals surface area (Å²) in [6.45, 7) is 5.05.